The number of carbonyl (C=O) groups excluding carboxylic acids is 1. The number of hydrogen-bond acceptors (Lipinski definition) is 5. The molecule has 0 aliphatic carbocycles. The molecule has 1 fully saturated rings. The molecule has 0 amide bonds. The Labute approximate surface area is 102 Å². The quantitative estimate of drug-likeness (QED) is 0.342. The summed E-state index contributed by atoms with van der Waals surface area (Å²) < 4.78 is 16.0. The third-order valence-corrected chi connectivity index (χ3v) is 6.03. The molecular weight excluding hydrogens is 248 g/mol. The molecule has 0 radical (unpaired) electrons. The molecule has 3 unspecified atom stereocenters. The topological polar surface area (TPSA) is 63.6 Å². The normalized spacial score (nSPS) is 26.6. The van der Waals surface area contributed by atoms with E-state index in [0.717, 1.165) is 31.4 Å². The van der Waals surface area contributed by atoms with Gasteiger partial charge >= 0.3 is 5.97 Å². The van der Waals surface area contributed by atoms with Crippen LogP contribution in [0.1, 0.15) is 39.0 Å². The van der Waals surface area contributed by atoms with Gasteiger partial charge in [0.2, 0.25) is 0 Å². The first kappa shape index (κ1) is 14.0. The van der Waals surface area contributed by atoms with Gasteiger partial charge in [0, 0.05) is 17.4 Å². The van der Waals surface area contributed by atoms with Gasteiger partial charge in [-0.1, -0.05) is 17.2 Å². The Bertz CT molecular complexity index is 255. The second kappa shape index (κ2) is 7.29. The molecule has 0 saturated carbocycles. The zero-order valence-corrected chi connectivity index (χ0v) is 11.0. The highest BCUT2D eigenvalue weighted by atomic mass is 33.1. The molecule has 1 aliphatic rings. The summed E-state index contributed by atoms with van der Waals surface area (Å²) in [5.41, 5.74) is 0. The molecule has 94 valence electrons. The van der Waals surface area contributed by atoms with Crippen molar-refractivity contribution in [1.82, 2.24) is 0 Å². The second-order valence-electron chi connectivity index (χ2n) is 3.83. The first-order valence-electron chi connectivity index (χ1n) is 5.51. The maximum atomic E-state index is 11.4. The van der Waals surface area contributed by atoms with E-state index >= 15 is 0 Å². The van der Waals surface area contributed by atoms with Gasteiger partial charge in [-0.05, 0) is 26.2 Å². The van der Waals surface area contributed by atoms with E-state index in [1.807, 2.05) is 0 Å². The van der Waals surface area contributed by atoms with Crippen LogP contribution in [0.3, 0.4) is 0 Å². The molecule has 6 heteroatoms. The van der Waals surface area contributed by atoms with Crippen LogP contribution in [0, 0.1) is 0 Å². The van der Waals surface area contributed by atoms with Crippen molar-refractivity contribution in [2.24, 2.45) is 0 Å². The van der Waals surface area contributed by atoms with E-state index in [-0.39, 0.29) is 5.97 Å². The molecule has 3 atom stereocenters. The average Bonchev–Trinajstić information content (AvgIpc) is 2.58. The van der Waals surface area contributed by atoms with Crippen LogP contribution in [-0.2, 0) is 19.4 Å². The number of hydrogen-bond donors (Lipinski definition) is 1. The standard InChI is InChI=1S/C10H18O4S2/c1-8(11)14-10(12)5-3-2-4-9-6-7-15-16(9)13/h8-9,11H,2-7H2,1H3. The van der Waals surface area contributed by atoms with Crippen molar-refractivity contribution >= 4 is 26.6 Å². The predicted molar refractivity (Wildman–Crippen MR) is 65.2 cm³/mol. The Morgan fingerprint density at radius 2 is 2.38 bits per heavy atom. The van der Waals surface area contributed by atoms with E-state index in [1.54, 1.807) is 0 Å². The molecule has 0 aromatic rings. The van der Waals surface area contributed by atoms with Gasteiger partial charge in [0.25, 0.3) is 0 Å². The third kappa shape index (κ3) is 5.32. The molecule has 4 nitrogen and oxygen atoms in total. The van der Waals surface area contributed by atoms with E-state index < -0.39 is 16.1 Å². The molecule has 1 N–H and O–H groups in total. The summed E-state index contributed by atoms with van der Waals surface area (Å²) in [6.45, 7) is 1.41. The highest BCUT2D eigenvalue weighted by molar-refractivity contribution is 8.69. The number of ether oxygens (including phenoxy) is 1. The number of esters is 1. The highest BCUT2D eigenvalue weighted by Crippen LogP contribution is 2.29. The summed E-state index contributed by atoms with van der Waals surface area (Å²) >= 11 is 0. The Hall–Kier alpha value is -0.0700. The summed E-state index contributed by atoms with van der Waals surface area (Å²) in [5, 5.41) is 9.10. The van der Waals surface area contributed by atoms with Crippen molar-refractivity contribution in [2.75, 3.05) is 5.75 Å². The minimum Gasteiger partial charge on any atom is -0.436 e. The number of rotatable bonds is 6. The molecule has 1 aliphatic heterocycles. The zero-order valence-electron chi connectivity index (χ0n) is 9.39. The molecule has 0 aromatic heterocycles. The lowest BCUT2D eigenvalue weighted by atomic mass is 10.1. The van der Waals surface area contributed by atoms with Crippen molar-refractivity contribution in [3.8, 4) is 0 Å². The van der Waals surface area contributed by atoms with Crippen molar-refractivity contribution in [3.05, 3.63) is 0 Å². The van der Waals surface area contributed by atoms with Gasteiger partial charge in [0.05, 0.1) is 9.83 Å². The number of unbranched alkanes of at least 4 members (excludes halogenated alkanes) is 1. The fourth-order valence-corrected chi connectivity index (χ4v) is 5.08. The smallest absolute Gasteiger partial charge is 0.308 e. The largest absolute Gasteiger partial charge is 0.436 e. The van der Waals surface area contributed by atoms with Crippen LogP contribution in [-0.4, -0.2) is 32.6 Å². The van der Waals surface area contributed by atoms with Crippen LogP contribution in [0.2, 0.25) is 0 Å². The lowest BCUT2D eigenvalue weighted by Gasteiger charge is -2.08. The highest BCUT2D eigenvalue weighted by Gasteiger charge is 2.23. The number of aliphatic hydroxyl groups excluding tert-OH is 1. The Morgan fingerprint density at radius 3 is 2.94 bits per heavy atom. The SMILES string of the molecule is CC(O)OC(=O)CCCCC1CCSS1=O. The van der Waals surface area contributed by atoms with Gasteiger partial charge in [-0.25, -0.2) is 4.21 Å². The summed E-state index contributed by atoms with van der Waals surface area (Å²) in [6.07, 6.45) is 2.88. The lowest BCUT2D eigenvalue weighted by molar-refractivity contribution is -0.164. The molecule has 16 heavy (non-hydrogen) atoms. The van der Waals surface area contributed by atoms with Crippen molar-refractivity contribution in [1.29, 1.82) is 0 Å². The Kier molecular flexibility index (Phi) is 6.38. The van der Waals surface area contributed by atoms with Crippen LogP contribution in [0.5, 0.6) is 0 Å². The maximum absolute atomic E-state index is 11.4. The zero-order chi connectivity index (χ0) is 12.0. The van der Waals surface area contributed by atoms with Crippen LogP contribution in [0.4, 0.5) is 0 Å². The molecule has 0 aromatic carbocycles. The van der Waals surface area contributed by atoms with Crippen LogP contribution >= 0.6 is 10.8 Å². The molecule has 0 bridgehead atoms. The predicted octanol–water partition coefficient (Wildman–Crippen LogP) is 1.60. The second-order valence-corrected chi connectivity index (χ2v) is 7.35. The summed E-state index contributed by atoms with van der Waals surface area (Å²) in [6, 6.07) is 0. The molecule has 1 heterocycles. The molecule has 1 saturated heterocycles. The van der Waals surface area contributed by atoms with E-state index in [4.69, 9.17) is 5.11 Å². The van der Waals surface area contributed by atoms with Gasteiger partial charge in [-0.15, -0.1) is 0 Å². The Morgan fingerprint density at radius 1 is 1.62 bits per heavy atom. The van der Waals surface area contributed by atoms with E-state index in [0.29, 0.717) is 11.7 Å². The van der Waals surface area contributed by atoms with Gasteiger partial charge in [0.15, 0.2) is 6.29 Å². The average molecular weight is 266 g/mol. The van der Waals surface area contributed by atoms with Crippen molar-refractivity contribution < 1.29 is 18.8 Å². The van der Waals surface area contributed by atoms with Gasteiger partial charge in [-0.3, -0.25) is 4.79 Å². The third-order valence-electron chi connectivity index (χ3n) is 2.37. The molecular formula is C10H18O4S2. The van der Waals surface area contributed by atoms with Gasteiger partial charge < -0.3 is 9.84 Å². The van der Waals surface area contributed by atoms with Crippen LogP contribution in [0.25, 0.3) is 0 Å². The summed E-state index contributed by atoms with van der Waals surface area (Å²) in [5.74, 6) is 0.623. The van der Waals surface area contributed by atoms with Crippen LogP contribution in [0.15, 0.2) is 0 Å². The van der Waals surface area contributed by atoms with E-state index in [9.17, 15) is 9.00 Å². The fraction of sp³-hybridized carbons (Fsp3) is 0.900. The van der Waals surface area contributed by atoms with Gasteiger partial charge in [0.1, 0.15) is 0 Å². The first-order valence-corrected chi connectivity index (χ1v) is 8.22. The Balaban J connectivity index is 2.03. The minimum absolute atomic E-state index is 0.304. The summed E-state index contributed by atoms with van der Waals surface area (Å²) in [7, 11) is 0.802. The number of aliphatic hydroxyl groups is 1. The molecule has 0 spiro atoms. The maximum Gasteiger partial charge on any atom is 0.308 e. The van der Waals surface area contributed by atoms with Crippen molar-refractivity contribution in [3.63, 3.8) is 0 Å². The summed E-state index contributed by atoms with van der Waals surface area (Å²) in [4.78, 5) is 11.1. The minimum atomic E-state index is -1.02. The monoisotopic (exact) mass is 266 g/mol. The van der Waals surface area contributed by atoms with Crippen LogP contribution < -0.4 is 0 Å². The lowest BCUT2D eigenvalue weighted by Crippen LogP contribution is -2.13. The van der Waals surface area contributed by atoms with E-state index in [1.165, 1.54) is 17.7 Å². The first-order chi connectivity index (χ1) is 7.59. The molecule has 1 rings (SSSR count). The van der Waals surface area contributed by atoms with E-state index in [2.05, 4.69) is 4.74 Å². The fourth-order valence-electron chi connectivity index (χ4n) is 1.59. The van der Waals surface area contributed by atoms with Crippen molar-refractivity contribution in [2.45, 2.75) is 50.6 Å². The van der Waals surface area contributed by atoms with Gasteiger partial charge in [-0.2, -0.15) is 0 Å². The number of carbonyl (C=O) groups is 1.